The molecule has 1 amide bonds. The third-order valence-corrected chi connectivity index (χ3v) is 2.82. The van der Waals surface area contributed by atoms with Crippen molar-refractivity contribution in [3.05, 3.63) is 28.5 Å². The minimum absolute atomic E-state index is 0.166. The highest BCUT2D eigenvalue weighted by molar-refractivity contribution is 9.10. The number of methoxy groups -OCH3 is 1. The molecule has 0 aliphatic carbocycles. The summed E-state index contributed by atoms with van der Waals surface area (Å²) in [5, 5.41) is 0. The molecule has 0 N–H and O–H groups in total. The number of esters is 1. The second kappa shape index (κ2) is 7.10. The van der Waals surface area contributed by atoms with Gasteiger partial charge in [-0.3, -0.25) is 9.59 Å². The second-order valence-electron chi connectivity index (χ2n) is 3.75. The van der Waals surface area contributed by atoms with Gasteiger partial charge in [0.15, 0.2) is 0 Å². The molecule has 1 aromatic rings. The SMILES string of the molecule is COC(=O)CCCN(C)C(=O)c1cccc(Br)n1. The predicted molar refractivity (Wildman–Crippen MR) is 70.1 cm³/mol. The zero-order valence-corrected chi connectivity index (χ0v) is 11.9. The molecule has 0 saturated heterocycles. The third-order valence-electron chi connectivity index (χ3n) is 2.38. The van der Waals surface area contributed by atoms with Gasteiger partial charge in [-0.1, -0.05) is 6.07 Å². The summed E-state index contributed by atoms with van der Waals surface area (Å²) in [5.74, 6) is -0.433. The van der Waals surface area contributed by atoms with Crippen molar-refractivity contribution in [3.8, 4) is 0 Å². The molecule has 0 spiro atoms. The fourth-order valence-electron chi connectivity index (χ4n) is 1.39. The number of rotatable bonds is 5. The molecular weight excluding hydrogens is 300 g/mol. The Morgan fingerprint density at radius 3 is 2.78 bits per heavy atom. The zero-order chi connectivity index (χ0) is 13.5. The van der Waals surface area contributed by atoms with E-state index in [1.165, 1.54) is 12.0 Å². The molecule has 0 aliphatic heterocycles. The van der Waals surface area contributed by atoms with Crippen LogP contribution in [0.1, 0.15) is 23.3 Å². The number of aromatic nitrogens is 1. The molecule has 0 fully saturated rings. The first-order valence-corrected chi connectivity index (χ1v) is 6.28. The van der Waals surface area contributed by atoms with E-state index < -0.39 is 0 Å². The lowest BCUT2D eigenvalue weighted by molar-refractivity contribution is -0.140. The number of carbonyl (C=O) groups is 2. The Bertz CT molecular complexity index is 437. The maximum Gasteiger partial charge on any atom is 0.305 e. The first-order chi connectivity index (χ1) is 8.54. The molecule has 1 heterocycles. The van der Waals surface area contributed by atoms with Gasteiger partial charge in [0.2, 0.25) is 0 Å². The summed E-state index contributed by atoms with van der Waals surface area (Å²) >= 11 is 3.22. The Morgan fingerprint density at radius 1 is 1.44 bits per heavy atom. The highest BCUT2D eigenvalue weighted by Crippen LogP contribution is 2.08. The number of ether oxygens (including phenoxy) is 1. The van der Waals surface area contributed by atoms with Crippen molar-refractivity contribution >= 4 is 27.8 Å². The summed E-state index contributed by atoms with van der Waals surface area (Å²) in [7, 11) is 3.03. The standard InChI is InChI=1S/C12H15BrN2O3/c1-15(8-4-7-11(16)18-2)12(17)9-5-3-6-10(13)14-9/h3,5-6H,4,7-8H2,1-2H3. The highest BCUT2D eigenvalue weighted by atomic mass is 79.9. The van der Waals surface area contributed by atoms with Crippen LogP contribution in [-0.4, -0.2) is 42.5 Å². The summed E-state index contributed by atoms with van der Waals surface area (Å²) in [5.41, 5.74) is 0.380. The number of hydrogen-bond acceptors (Lipinski definition) is 4. The van der Waals surface area contributed by atoms with E-state index in [0.717, 1.165) is 0 Å². The lowest BCUT2D eigenvalue weighted by Gasteiger charge is -2.16. The molecule has 0 atom stereocenters. The molecule has 1 rings (SSSR count). The van der Waals surface area contributed by atoms with E-state index >= 15 is 0 Å². The number of hydrogen-bond donors (Lipinski definition) is 0. The maximum absolute atomic E-state index is 12.0. The normalized spacial score (nSPS) is 9.94. The van der Waals surface area contributed by atoms with Crippen molar-refractivity contribution in [1.29, 1.82) is 0 Å². The minimum Gasteiger partial charge on any atom is -0.469 e. The molecule has 0 radical (unpaired) electrons. The van der Waals surface area contributed by atoms with Crippen molar-refractivity contribution in [2.24, 2.45) is 0 Å². The molecule has 6 heteroatoms. The van der Waals surface area contributed by atoms with Crippen LogP contribution in [0.15, 0.2) is 22.8 Å². The van der Waals surface area contributed by atoms with Gasteiger partial charge >= 0.3 is 5.97 Å². The summed E-state index contributed by atoms with van der Waals surface area (Å²) in [6.45, 7) is 0.488. The van der Waals surface area contributed by atoms with Crippen molar-refractivity contribution in [3.63, 3.8) is 0 Å². The lowest BCUT2D eigenvalue weighted by atomic mass is 10.2. The van der Waals surface area contributed by atoms with Crippen LogP contribution < -0.4 is 0 Å². The zero-order valence-electron chi connectivity index (χ0n) is 10.4. The van der Waals surface area contributed by atoms with E-state index in [-0.39, 0.29) is 11.9 Å². The number of nitrogens with zero attached hydrogens (tertiary/aromatic N) is 2. The number of carbonyl (C=O) groups excluding carboxylic acids is 2. The number of pyridine rings is 1. The average Bonchev–Trinajstić information content (AvgIpc) is 2.37. The van der Waals surface area contributed by atoms with Gasteiger partial charge in [-0.25, -0.2) is 4.98 Å². The van der Waals surface area contributed by atoms with E-state index in [1.54, 1.807) is 25.2 Å². The summed E-state index contributed by atoms with van der Waals surface area (Å²) in [6.07, 6.45) is 0.878. The van der Waals surface area contributed by atoms with Crippen LogP contribution in [0.3, 0.4) is 0 Å². The van der Waals surface area contributed by atoms with Crippen molar-refractivity contribution in [2.75, 3.05) is 20.7 Å². The molecular formula is C12H15BrN2O3. The highest BCUT2D eigenvalue weighted by Gasteiger charge is 2.13. The summed E-state index contributed by atoms with van der Waals surface area (Å²) in [4.78, 5) is 28.5. The van der Waals surface area contributed by atoms with E-state index in [9.17, 15) is 9.59 Å². The third kappa shape index (κ3) is 4.44. The maximum atomic E-state index is 12.0. The van der Waals surface area contributed by atoms with Gasteiger partial charge in [-0.2, -0.15) is 0 Å². The van der Waals surface area contributed by atoms with E-state index in [4.69, 9.17) is 0 Å². The van der Waals surface area contributed by atoms with Crippen LogP contribution in [0.25, 0.3) is 0 Å². The largest absolute Gasteiger partial charge is 0.469 e. The van der Waals surface area contributed by atoms with Gasteiger partial charge < -0.3 is 9.64 Å². The van der Waals surface area contributed by atoms with Crippen molar-refractivity contribution < 1.29 is 14.3 Å². The molecule has 0 saturated carbocycles. The summed E-state index contributed by atoms with van der Waals surface area (Å²) in [6, 6.07) is 5.17. The van der Waals surface area contributed by atoms with Crippen LogP contribution in [-0.2, 0) is 9.53 Å². The first-order valence-electron chi connectivity index (χ1n) is 5.49. The Hall–Kier alpha value is -1.43. The Balaban J connectivity index is 2.49. The molecule has 18 heavy (non-hydrogen) atoms. The minimum atomic E-state index is -0.267. The topological polar surface area (TPSA) is 59.5 Å². The molecule has 0 aromatic carbocycles. The van der Waals surface area contributed by atoms with E-state index in [1.807, 2.05) is 0 Å². The van der Waals surface area contributed by atoms with Crippen LogP contribution >= 0.6 is 15.9 Å². The molecule has 0 aliphatic rings. The lowest BCUT2D eigenvalue weighted by Crippen LogP contribution is -2.28. The van der Waals surface area contributed by atoms with Crippen LogP contribution in [0.4, 0.5) is 0 Å². The smallest absolute Gasteiger partial charge is 0.305 e. The van der Waals surface area contributed by atoms with E-state index in [0.29, 0.717) is 29.7 Å². The van der Waals surface area contributed by atoms with Gasteiger partial charge in [0.05, 0.1) is 7.11 Å². The van der Waals surface area contributed by atoms with E-state index in [2.05, 4.69) is 25.7 Å². The molecule has 0 bridgehead atoms. The molecule has 1 aromatic heterocycles. The monoisotopic (exact) mass is 314 g/mol. The van der Waals surface area contributed by atoms with Gasteiger partial charge in [0.1, 0.15) is 10.3 Å². The molecule has 0 unspecified atom stereocenters. The number of halogens is 1. The predicted octanol–water partition coefficient (Wildman–Crippen LogP) is 1.87. The Kier molecular flexibility index (Phi) is 5.77. The van der Waals surface area contributed by atoms with Gasteiger partial charge in [-0.15, -0.1) is 0 Å². The van der Waals surface area contributed by atoms with Crippen LogP contribution in [0, 0.1) is 0 Å². The van der Waals surface area contributed by atoms with Crippen molar-refractivity contribution in [2.45, 2.75) is 12.8 Å². The fourth-order valence-corrected chi connectivity index (χ4v) is 1.73. The molecule has 98 valence electrons. The summed E-state index contributed by atoms with van der Waals surface area (Å²) < 4.78 is 5.15. The fraction of sp³-hybridized carbons (Fsp3) is 0.417. The Labute approximate surface area is 114 Å². The van der Waals surface area contributed by atoms with Crippen molar-refractivity contribution in [1.82, 2.24) is 9.88 Å². The molecule has 5 nitrogen and oxygen atoms in total. The first kappa shape index (κ1) is 14.6. The van der Waals surface area contributed by atoms with Gasteiger partial charge in [0.25, 0.3) is 5.91 Å². The Morgan fingerprint density at radius 2 is 2.17 bits per heavy atom. The van der Waals surface area contributed by atoms with Gasteiger partial charge in [-0.05, 0) is 34.5 Å². The van der Waals surface area contributed by atoms with Crippen LogP contribution in [0.2, 0.25) is 0 Å². The average molecular weight is 315 g/mol. The van der Waals surface area contributed by atoms with Crippen LogP contribution in [0.5, 0.6) is 0 Å². The number of amides is 1. The quantitative estimate of drug-likeness (QED) is 0.615. The second-order valence-corrected chi connectivity index (χ2v) is 4.56. The van der Waals surface area contributed by atoms with Gasteiger partial charge in [0, 0.05) is 20.0 Å².